The van der Waals surface area contributed by atoms with E-state index in [1.165, 1.54) is 6.07 Å². The minimum atomic E-state index is -0.337. The standard InChI is InChI=1S/C16H15FN4O/c17-13-4-2-1-3-12(13)14-9-16(20-8-6-11(22)10-20)21-15(19-14)5-7-18-21/h1-5,7,9,11,22H,6,8,10H2/t11-/m0/s1. The third kappa shape index (κ3) is 2.12. The first kappa shape index (κ1) is 13.2. The van der Waals surface area contributed by atoms with Crippen LogP contribution in [0.25, 0.3) is 16.9 Å². The van der Waals surface area contributed by atoms with Gasteiger partial charge in [0.2, 0.25) is 0 Å². The fraction of sp³-hybridized carbons (Fsp3) is 0.250. The van der Waals surface area contributed by atoms with Gasteiger partial charge in [-0.25, -0.2) is 9.37 Å². The van der Waals surface area contributed by atoms with E-state index in [2.05, 4.69) is 15.0 Å². The van der Waals surface area contributed by atoms with Crippen molar-refractivity contribution in [3.63, 3.8) is 0 Å². The summed E-state index contributed by atoms with van der Waals surface area (Å²) >= 11 is 0. The van der Waals surface area contributed by atoms with E-state index >= 15 is 0 Å². The van der Waals surface area contributed by atoms with Crippen molar-refractivity contribution < 1.29 is 9.50 Å². The van der Waals surface area contributed by atoms with Gasteiger partial charge in [0, 0.05) is 30.8 Å². The molecule has 1 atom stereocenters. The number of aliphatic hydroxyl groups excluding tert-OH is 1. The molecule has 0 radical (unpaired) electrons. The summed E-state index contributed by atoms with van der Waals surface area (Å²) in [4.78, 5) is 6.54. The molecule has 0 spiro atoms. The maximum atomic E-state index is 14.1. The molecule has 0 bridgehead atoms. The molecule has 1 aliphatic heterocycles. The van der Waals surface area contributed by atoms with Crippen LogP contribution >= 0.6 is 0 Å². The van der Waals surface area contributed by atoms with Crippen LogP contribution in [0.5, 0.6) is 0 Å². The number of anilines is 1. The molecule has 0 saturated carbocycles. The number of β-amino-alcohol motifs (C(OH)–C–C–N with tert-alkyl or cyclic N) is 1. The fourth-order valence-corrected chi connectivity index (χ4v) is 2.88. The van der Waals surface area contributed by atoms with Crippen LogP contribution < -0.4 is 4.90 Å². The molecule has 2 aromatic heterocycles. The average molecular weight is 298 g/mol. The fourth-order valence-electron chi connectivity index (χ4n) is 2.88. The Hall–Kier alpha value is -2.47. The van der Waals surface area contributed by atoms with Crippen LogP contribution in [0, 0.1) is 5.82 Å². The molecule has 3 heterocycles. The van der Waals surface area contributed by atoms with Crippen molar-refractivity contribution in [3.05, 3.63) is 48.4 Å². The Balaban J connectivity index is 1.89. The summed E-state index contributed by atoms with van der Waals surface area (Å²) in [6.45, 7) is 1.30. The average Bonchev–Trinajstić information content (AvgIpc) is 3.15. The summed E-state index contributed by atoms with van der Waals surface area (Å²) in [6.07, 6.45) is 2.06. The lowest BCUT2D eigenvalue weighted by atomic mass is 10.1. The summed E-state index contributed by atoms with van der Waals surface area (Å²) in [5, 5.41) is 14.0. The molecule has 0 amide bonds. The number of aromatic nitrogens is 3. The monoisotopic (exact) mass is 298 g/mol. The van der Waals surface area contributed by atoms with Crippen LogP contribution in [0.2, 0.25) is 0 Å². The molecule has 3 aromatic rings. The Kier molecular flexibility index (Phi) is 3.04. The first-order valence-electron chi connectivity index (χ1n) is 7.25. The molecule has 6 heteroatoms. The highest BCUT2D eigenvalue weighted by atomic mass is 19.1. The highest BCUT2D eigenvalue weighted by Crippen LogP contribution is 2.28. The van der Waals surface area contributed by atoms with E-state index in [1.807, 2.05) is 6.07 Å². The van der Waals surface area contributed by atoms with E-state index in [9.17, 15) is 9.50 Å². The minimum absolute atomic E-state index is 0.300. The summed E-state index contributed by atoms with van der Waals surface area (Å²) in [6, 6.07) is 10.2. The molecule has 112 valence electrons. The second-order valence-electron chi connectivity index (χ2n) is 5.47. The molecule has 22 heavy (non-hydrogen) atoms. The molecule has 1 N–H and O–H groups in total. The van der Waals surface area contributed by atoms with Crippen molar-refractivity contribution in [1.29, 1.82) is 0 Å². The molecular formula is C16H15FN4O. The maximum absolute atomic E-state index is 14.1. The number of aliphatic hydroxyl groups is 1. The van der Waals surface area contributed by atoms with Crippen LogP contribution in [0.4, 0.5) is 10.2 Å². The molecule has 5 nitrogen and oxygen atoms in total. The normalized spacial score (nSPS) is 18.3. The second-order valence-corrected chi connectivity index (χ2v) is 5.47. The Morgan fingerprint density at radius 1 is 1.23 bits per heavy atom. The van der Waals surface area contributed by atoms with Crippen LogP contribution in [-0.4, -0.2) is 38.9 Å². The third-order valence-electron chi connectivity index (χ3n) is 3.98. The van der Waals surface area contributed by atoms with Crippen molar-refractivity contribution in [2.75, 3.05) is 18.0 Å². The van der Waals surface area contributed by atoms with Gasteiger partial charge in [0.15, 0.2) is 5.65 Å². The molecule has 1 fully saturated rings. The first-order valence-corrected chi connectivity index (χ1v) is 7.25. The summed E-state index contributed by atoms with van der Waals surface area (Å²) < 4.78 is 15.8. The molecule has 0 aliphatic carbocycles. The number of fused-ring (bicyclic) bond motifs is 1. The van der Waals surface area contributed by atoms with Crippen LogP contribution in [-0.2, 0) is 0 Å². The van der Waals surface area contributed by atoms with Crippen LogP contribution in [0.1, 0.15) is 6.42 Å². The number of hydrogen-bond donors (Lipinski definition) is 1. The predicted molar refractivity (Wildman–Crippen MR) is 81.2 cm³/mol. The highest BCUT2D eigenvalue weighted by Gasteiger charge is 2.23. The van der Waals surface area contributed by atoms with Gasteiger partial charge in [-0.3, -0.25) is 0 Å². The van der Waals surface area contributed by atoms with Crippen LogP contribution in [0.3, 0.4) is 0 Å². The highest BCUT2D eigenvalue weighted by molar-refractivity contribution is 5.67. The van der Waals surface area contributed by atoms with Gasteiger partial charge >= 0.3 is 0 Å². The van der Waals surface area contributed by atoms with E-state index in [4.69, 9.17) is 0 Å². The lowest BCUT2D eigenvalue weighted by Crippen LogP contribution is -2.24. The Morgan fingerprint density at radius 2 is 2.09 bits per heavy atom. The molecule has 1 aromatic carbocycles. The van der Waals surface area contributed by atoms with Gasteiger partial charge in [-0.05, 0) is 18.6 Å². The van der Waals surface area contributed by atoms with Crippen molar-refractivity contribution in [2.24, 2.45) is 0 Å². The van der Waals surface area contributed by atoms with Gasteiger partial charge in [0.25, 0.3) is 0 Å². The SMILES string of the molecule is O[C@H]1CCN(c2cc(-c3ccccc3F)nc3ccnn23)C1. The first-order chi connectivity index (χ1) is 10.7. The minimum Gasteiger partial charge on any atom is -0.391 e. The molecule has 4 rings (SSSR count). The second kappa shape index (κ2) is 5.06. The van der Waals surface area contributed by atoms with E-state index < -0.39 is 0 Å². The largest absolute Gasteiger partial charge is 0.391 e. The lowest BCUT2D eigenvalue weighted by Gasteiger charge is -2.19. The predicted octanol–water partition coefficient (Wildman–Crippen LogP) is 2.11. The third-order valence-corrected chi connectivity index (χ3v) is 3.98. The summed E-state index contributed by atoms with van der Waals surface area (Å²) in [5.41, 5.74) is 1.70. The molecule has 0 unspecified atom stereocenters. The number of hydrogen-bond acceptors (Lipinski definition) is 4. The molecule has 1 saturated heterocycles. The van der Waals surface area contributed by atoms with E-state index in [-0.39, 0.29) is 11.9 Å². The lowest BCUT2D eigenvalue weighted by molar-refractivity contribution is 0.198. The van der Waals surface area contributed by atoms with Crippen molar-refractivity contribution in [1.82, 2.24) is 14.6 Å². The number of halogens is 1. The van der Waals surface area contributed by atoms with Gasteiger partial charge in [-0.15, -0.1) is 0 Å². The molecule has 1 aliphatic rings. The van der Waals surface area contributed by atoms with E-state index in [0.717, 1.165) is 18.8 Å². The Morgan fingerprint density at radius 3 is 2.86 bits per heavy atom. The van der Waals surface area contributed by atoms with E-state index in [0.29, 0.717) is 23.4 Å². The zero-order chi connectivity index (χ0) is 15.1. The van der Waals surface area contributed by atoms with Crippen molar-refractivity contribution >= 4 is 11.5 Å². The maximum Gasteiger partial charge on any atom is 0.157 e. The van der Waals surface area contributed by atoms with Gasteiger partial charge in [-0.1, -0.05) is 12.1 Å². The van der Waals surface area contributed by atoms with Gasteiger partial charge < -0.3 is 10.0 Å². The Labute approximate surface area is 126 Å². The smallest absolute Gasteiger partial charge is 0.157 e. The van der Waals surface area contributed by atoms with Crippen LogP contribution in [0.15, 0.2) is 42.6 Å². The summed E-state index contributed by atoms with van der Waals surface area (Å²) in [5.74, 6) is 0.524. The number of rotatable bonds is 2. The van der Waals surface area contributed by atoms with Gasteiger partial charge in [0.05, 0.1) is 18.0 Å². The number of benzene rings is 1. The quantitative estimate of drug-likeness (QED) is 0.787. The topological polar surface area (TPSA) is 53.7 Å². The number of nitrogens with zero attached hydrogens (tertiary/aromatic N) is 4. The molecular weight excluding hydrogens is 283 g/mol. The van der Waals surface area contributed by atoms with Crippen molar-refractivity contribution in [3.8, 4) is 11.3 Å². The Bertz CT molecular complexity index is 832. The zero-order valence-electron chi connectivity index (χ0n) is 11.9. The van der Waals surface area contributed by atoms with Gasteiger partial charge in [-0.2, -0.15) is 9.61 Å². The van der Waals surface area contributed by atoms with Crippen molar-refractivity contribution in [2.45, 2.75) is 12.5 Å². The van der Waals surface area contributed by atoms with E-state index in [1.54, 1.807) is 35.0 Å². The van der Waals surface area contributed by atoms with Gasteiger partial charge in [0.1, 0.15) is 11.6 Å². The zero-order valence-corrected chi connectivity index (χ0v) is 11.9. The summed E-state index contributed by atoms with van der Waals surface area (Å²) in [7, 11) is 0.